The summed E-state index contributed by atoms with van der Waals surface area (Å²) in [4.78, 5) is 25.9. The highest BCUT2D eigenvalue weighted by molar-refractivity contribution is 5.65. The minimum atomic E-state index is -0.865. The third kappa shape index (κ3) is 3.56. The van der Waals surface area contributed by atoms with E-state index in [1.54, 1.807) is 6.07 Å². The molecule has 1 aliphatic rings. The van der Waals surface area contributed by atoms with E-state index >= 15 is 0 Å². The minimum absolute atomic E-state index is 0.176. The molecule has 108 valence electrons. The monoisotopic (exact) mass is 280 g/mol. The maximum absolute atomic E-state index is 10.8. The Morgan fingerprint density at radius 2 is 2.20 bits per heavy atom. The number of nitrogens with one attached hydrogen (secondary N) is 1. The number of hydrogen-bond acceptors (Lipinski definition) is 5. The topological polar surface area (TPSA) is 109 Å². The van der Waals surface area contributed by atoms with Crippen LogP contribution in [-0.4, -0.2) is 45.6 Å². The van der Waals surface area contributed by atoms with Crippen molar-refractivity contribution in [2.75, 3.05) is 25.0 Å². The smallest absolute Gasteiger partial charge is 0.407 e. The molecule has 0 radical (unpaired) electrons. The second kappa shape index (κ2) is 6.18. The molecule has 0 unspecified atom stereocenters. The van der Waals surface area contributed by atoms with E-state index in [9.17, 15) is 14.9 Å². The van der Waals surface area contributed by atoms with Gasteiger partial charge in [-0.25, -0.2) is 4.79 Å². The maximum atomic E-state index is 10.8. The highest BCUT2D eigenvalue weighted by Gasteiger charge is 2.22. The number of pyridine rings is 1. The van der Waals surface area contributed by atoms with Gasteiger partial charge in [0, 0.05) is 25.7 Å². The summed E-state index contributed by atoms with van der Waals surface area (Å²) in [6.45, 7) is 1.83. The van der Waals surface area contributed by atoms with Crippen molar-refractivity contribution in [3.63, 3.8) is 0 Å². The fourth-order valence-electron chi connectivity index (χ4n) is 2.19. The van der Waals surface area contributed by atoms with Crippen LogP contribution in [0.15, 0.2) is 18.3 Å². The van der Waals surface area contributed by atoms with Crippen molar-refractivity contribution in [2.45, 2.75) is 12.8 Å². The average Bonchev–Trinajstić information content (AvgIpc) is 2.46. The summed E-state index contributed by atoms with van der Waals surface area (Å²) in [5.74, 6) is 0.228. The molecule has 0 bridgehead atoms. The van der Waals surface area contributed by atoms with Crippen molar-refractivity contribution in [1.82, 2.24) is 9.88 Å². The molecule has 2 rings (SSSR count). The quantitative estimate of drug-likeness (QED) is 0.643. The van der Waals surface area contributed by atoms with Crippen molar-refractivity contribution in [1.29, 1.82) is 0 Å². The summed E-state index contributed by atoms with van der Waals surface area (Å²) < 4.78 is 0. The molecule has 20 heavy (non-hydrogen) atoms. The summed E-state index contributed by atoms with van der Waals surface area (Å²) in [6.07, 6.45) is 2.21. The molecule has 1 amide bonds. The lowest BCUT2D eigenvalue weighted by Gasteiger charge is -2.30. The van der Waals surface area contributed by atoms with Crippen molar-refractivity contribution < 1.29 is 14.8 Å². The van der Waals surface area contributed by atoms with E-state index in [2.05, 4.69) is 10.3 Å². The van der Waals surface area contributed by atoms with Gasteiger partial charge in [-0.2, -0.15) is 0 Å². The largest absolute Gasteiger partial charge is 0.465 e. The zero-order chi connectivity index (χ0) is 14.5. The Labute approximate surface area is 115 Å². The van der Waals surface area contributed by atoms with Gasteiger partial charge in [-0.1, -0.05) is 0 Å². The molecule has 0 saturated carbocycles. The van der Waals surface area contributed by atoms with E-state index in [1.807, 2.05) is 0 Å². The van der Waals surface area contributed by atoms with Gasteiger partial charge in [0.25, 0.3) is 0 Å². The first-order valence-electron chi connectivity index (χ1n) is 6.38. The fourth-order valence-corrected chi connectivity index (χ4v) is 2.19. The van der Waals surface area contributed by atoms with Crippen LogP contribution in [0.2, 0.25) is 0 Å². The van der Waals surface area contributed by atoms with E-state index in [0.717, 1.165) is 18.5 Å². The van der Waals surface area contributed by atoms with Crippen LogP contribution in [0.1, 0.15) is 12.8 Å². The Morgan fingerprint density at radius 3 is 2.70 bits per heavy atom. The number of amides is 1. The average molecular weight is 280 g/mol. The number of anilines is 1. The molecule has 1 fully saturated rings. The SMILES string of the molecule is O=C(O)N1CCC(CNc2ccc([N+](=O)[O-])nc2)CC1. The van der Waals surface area contributed by atoms with Crippen LogP contribution in [-0.2, 0) is 0 Å². The highest BCUT2D eigenvalue weighted by atomic mass is 16.6. The van der Waals surface area contributed by atoms with Gasteiger partial charge in [0.05, 0.1) is 5.69 Å². The molecular weight excluding hydrogens is 264 g/mol. The van der Waals surface area contributed by atoms with Crippen LogP contribution in [0.3, 0.4) is 0 Å². The van der Waals surface area contributed by atoms with Gasteiger partial charge < -0.3 is 25.4 Å². The number of carbonyl (C=O) groups is 1. The van der Waals surface area contributed by atoms with Crippen LogP contribution in [0.4, 0.5) is 16.3 Å². The summed E-state index contributed by atoms with van der Waals surface area (Å²) in [6, 6.07) is 2.98. The summed E-state index contributed by atoms with van der Waals surface area (Å²) in [7, 11) is 0. The van der Waals surface area contributed by atoms with Gasteiger partial charge in [0.15, 0.2) is 6.20 Å². The lowest BCUT2D eigenvalue weighted by Crippen LogP contribution is -2.39. The first-order chi connectivity index (χ1) is 9.56. The molecule has 8 heteroatoms. The number of aromatic nitrogens is 1. The molecule has 8 nitrogen and oxygen atoms in total. The van der Waals surface area contributed by atoms with Crippen LogP contribution in [0, 0.1) is 16.0 Å². The number of rotatable bonds is 4. The third-order valence-electron chi connectivity index (χ3n) is 3.41. The van der Waals surface area contributed by atoms with Crippen molar-refractivity contribution in [3.8, 4) is 0 Å². The van der Waals surface area contributed by atoms with Crippen molar-refractivity contribution in [3.05, 3.63) is 28.4 Å². The van der Waals surface area contributed by atoms with Gasteiger partial charge >= 0.3 is 11.9 Å². The van der Waals surface area contributed by atoms with E-state index in [0.29, 0.717) is 25.6 Å². The molecule has 2 N–H and O–H groups in total. The third-order valence-corrected chi connectivity index (χ3v) is 3.41. The summed E-state index contributed by atoms with van der Waals surface area (Å²) in [5, 5.41) is 22.5. The minimum Gasteiger partial charge on any atom is -0.465 e. The molecule has 0 aromatic carbocycles. The highest BCUT2D eigenvalue weighted by Crippen LogP contribution is 2.18. The predicted molar refractivity (Wildman–Crippen MR) is 71.7 cm³/mol. The fraction of sp³-hybridized carbons (Fsp3) is 0.500. The number of nitrogens with zero attached hydrogens (tertiary/aromatic N) is 3. The Bertz CT molecular complexity index is 483. The van der Waals surface area contributed by atoms with Gasteiger partial charge in [-0.05, 0) is 34.7 Å². The number of nitro groups is 1. The van der Waals surface area contributed by atoms with E-state index < -0.39 is 11.0 Å². The molecule has 1 saturated heterocycles. The Balaban J connectivity index is 1.78. The maximum Gasteiger partial charge on any atom is 0.407 e. The van der Waals surface area contributed by atoms with Gasteiger partial charge in [0.1, 0.15) is 0 Å². The summed E-state index contributed by atoms with van der Waals surface area (Å²) >= 11 is 0. The van der Waals surface area contributed by atoms with Crippen molar-refractivity contribution in [2.24, 2.45) is 5.92 Å². The number of hydrogen-bond donors (Lipinski definition) is 2. The molecule has 1 aliphatic heterocycles. The van der Waals surface area contributed by atoms with Gasteiger partial charge in [-0.3, -0.25) is 0 Å². The number of carboxylic acid groups (broad SMARTS) is 1. The molecule has 0 atom stereocenters. The first kappa shape index (κ1) is 14.0. The molecule has 1 aromatic rings. The van der Waals surface area contributed by atoms with Crippen molar-refractivity contribution >= 4 is 17.6 Å². The Morgan fingerprint density at radius 1 is 1.50 bits per heavy atom. The summed E-state index contributed by atoms with van der Waals surface area (Å²) in [5.41, 5.74) is 0.733. The molecular formula is C12H16N4O4. The first-order valence-corrected chi connectivity index (χ1v) is 6.38. The zero-order valence-corrected chi connectivity index (χ0v) is 10.9. The van der Waals surface area contributed by atoms with E-state index in [1.165, 1.54) is 17.2 Å². The number of likely N-dealkylation sites (tertiary alicyclic amines) is 1. The lowest BCUT2D eigenvalue weighted by atomic mass is 9.97. The lowest BCUT2D eigenvalue weighted by molar-refractivity contribution is -0.389. The molecule has 1 aromatic heterocycles. The Kier molecular flexibility index (Phi) is 4.34. The van der Waals surface area contributed by atoms with Gasteiger partial charge in [-0.15, -0.1) is 0 Å². The van der Waals surface area contributed by atoms with Crippen LogP contribution >= 0.6 is 0 Å². The van der Waals surface area contributed by atoms with E-state index in [4.69, 9.17) is 5.11 Å². The predicted octanol–water partition coefficient (Wildman–Crippen LogP) is 1.79. The zero-order valence-electron chi connectivity index (χ0n) is 10.9. The molecule has 2 heterocycles. The normalized spacial score (nSPS) is 15.9. The second-order valence-electron chi connectivity index (χ2n) is 4.76. The van der Waals surface area contributed by atoms with Crippen LogP contribution in [0.5, 0.6) is 0 Å². The van der Waals surface area contributed by atoms with E-state index in [-0.39, 0.29) is 5.82 Å². The van der Waals surface area contributed by atoms with Gasteiger partial charge in [0.2, 0.25) is 0 Å². The standard InChI is InChI=1S/C12H16N4O4/c17-12(18)15-5-3-9(4-6-15)7-13-10-1-2-11(14-8-10)16(19)20/h1-2,8-9,13H,3-7H2,(H,17,18). The Hall–Kier alpha value is -2.38. The van der Waals surface area contributed by atoms with Crippen LogP contribution < -0.4 is 5.32 Å². The second-order valence-corrected chi connectivity index (χ2v) is 4.76. The molecule has 0 aliphatic carbocycles. The molecule has 0 spiro atoms. The number of piperidine rings is 1. The van der Waals surface area contributed by atoms with Crippen LogP contribution in [0.25, 0.3) is 0 Å².